The van der Waals surface area contributed by atoms with Gasteiger partial charge in [-0.15, -0.1) is 0 Å². The van der Waals surface area contributed by atoms with Gasteiger partial charge < -0.3 is 10.6 Å². The highest BCUT2D eigenvalue weighted by molar-refractivity contribution is 6.33. The van der Waals surface area contributed by atoms with E-state index in [9.17, 15) is 9.18 Å². The lowest BCUT2D eigenvalue weighted by Gasteiger charge is -2.09. The maximum Gasteiger partial charge on any atom is 0.253 e. The lowest BCUT2D eigenvalue weighted by molar-refractivity contribution is 0.0951. The van der Waals surface area contributed by atoms with Gasteiger partial charge in [-0.05, 0) is 30.7 Å². The largest absolute Gasteiger partial charge is 0.370 e. The highest BCUT2D eigenvalue weighted by Gasteiger charge is 2.12. The predicted molar refractivity (Wildman–Crippen MR) is 81.0 cm³/mol. The van der Waals surface area contributed by atoms with E-state index in [2.05, 4.69) is 15.6 Å². The minimum Gasteiger partial charge on any atom is -0.370 e. The highest BCUT2D eigenvalue weighted by Crippen LogP contribution is 2.18. The van der Waals surface area contributed by atoms with Gasteiger partial charge in [-0.3, -0.25) is 4.79 Å². The van der Waals surface area contributed by atoms with Crippen molar-refractivity contribution in [1.29, 1.82) is 0 Å². The Labute approximate surface area is 127 Å². The minimum atomic E-state index is -0.335. The molecule has 1 aromatic carbocycles. The third-order valence-corrected chi connectivity index (χ3v) is 3.10. The Bertz CT molecular complexity index is 649. The summed E-state index contributed by atoms with van der Waals surface area (Å²) in [5.74, 6) is -0.0817. The second-order valence-corrected chi connectivity index (χ2v) is 4.80. The van der Waals surface area contributed by atoms with Gasteiger partial charge in [0.2, 0.25) is 0 Å². The zero-order valence-corrected chi connectivity index (χ0v) is 12.2. The Morgan fingerprint density at radius 1 is 1.38 bits per heavy atom. The van der Waals surface area contributed by atoms with Crippen molar-refractivity contribution in [1.82, 2.24) is 10.3 Å². The van der Waals surface area contributed by atoms with E-state index >= 15 is 0 Å². The molecule has 0 saturated carbocycles. The third-order valence-electron chi connectivity index (χ3n) is 2.80. The van der Waals surface area contributed by atoms with Gasteiger partial charge in [0, 0.05) is 19.3 Å². The van der Waals surface area contributed by atoms with Gasteiger partial charge in [0.1, 0.15) is 11.6 Å². The summed E-state index contributed by atoms with van der Waals surface area (Å²) in [5, 5.41) is 5.99. The van der Waals surface area contributed by atoms with Crippen LogP contribution < -0.4 is 10.6 Å². The molecule has 21 heavy (non-hydrogen) atoms. The number of carbonyl (C=O) groups is 1. The van der Waals surface area contributed by atoms with Crippen LogP contribution in [0.25, 0.3) is 0 Å². The molecule has 0 radical (unpaired) electrons. The van der Waals surface area contributed by atoms with E-state index in [0.29, 0.717) is 23.5 Å². The van der Waals surface area contributed by atoms with E-state index in [1.54, 1.807) is 18.2 Å². The predicted octanol–water partition coefficient (Wildman–Crippen LogP) is 3.24. The van der Waals surface area contributed by atoms with Crippen molar-refractivity contribution in [3.8, 4) is 0 Å². The van der Waals surface area contributed by atoms with Crippen LogP contribution >= 0.6 is 11.6 Å². The molecule has 0 aliphatic carbocycles. The van der Waals surface area contributed by atoms with Gasteiger partial charge in [-0.25, -0.2) is 9.37 Å². The summed E-state index contributed by atoms with van der Waals surface area (Å²) in [6.07, 6.45) is 1.43. The van der Waals surface area contributed by atoms with Gasteiger partial charge >= 0.3 is 0 Å². The number of anilines is 1. The average Bonchev–Trinajstić information content (AvgIpc) is 2.47. The molecule has 0 aliphatic rings. The molecule has 0 spiro atoms. The van der Waals surface area contributed by atoms with Crippen molar-refractivity contribution < 1.29 is 9.18 Å². The van der Waals surface area contributed by atoms with Crippen molar-refractivity contribution >= 4 is 23.3 Å². The summed E-state index contributed by atoms with van der Waals surface area (Å²) in [4.78, 5) is 16.2. The molecule has 2 aromatic rings. The summed E-state index contributed by atoms with van der Waals surface area (Å²) >= 11 is 5.99. The van der Waals surface area contributed by atoms with Gasteiger partial charge in [0.05, 0.1) is 10.6 Å². The minimum absolute atomic E-state index is 0.228. The van der Waals surface area contributed by atoms with E-state index in [1.165, 1.54) is 18.3 Å². The van der Waals surface area contributed by atoms with E-state index in [-0.39, 0.29) is 23.3 Å². The van der Waals surface area contributed by atoms with E-state index in [1.807, 2.05) is 6.92 Å². The number of aromatic nitrogens is 1. The molecule has 0 unspecified atom stereocenters. The maximum atomic E-state index is 13.1. The van der Waals surface area contributed by atoms with Crippen LogP contribution in [0.3, 0.4) is 0 Å². The van der Waals surface area contributed by atoms with E-state index in [0.717, 1.165) is 0 Å². The quantitative estimate of drug-likeness (QED) is 0.891. The maximum absolute atomic E-state index is 13.1. The van der Waals surface area contributed by atoms with Crippen molar-refractivity contribution in [2.75, 3.05) is 11.9 Å². The fourth-order valence-electron chi connectivity index (χ4n) is 1.81. The smallest absolute Gasteiger partial charge is 0.253 e. The Morgan fingerprint density at radius 2 is 2.19 bits per heavy atom. The van der Waals surface area contributed by atoms with Crippen molar-refractivity contribution in [3.63, 3.8) is 0 Å². The monoisotopic (exact) mass is 307 g/mol. The molecule has 0 aliphatic heterocycles. The topological polar surface area (TPSA) is 54.0 Å². The molecular formula is C15H15ClFN3O. The summed E-state index contributed by atoms with van der Waals surface area (Å²) in [6.45, 7) is 2.85. The first-order valence-electron chi connectivity index (χ1n) is 6.52. The van der Waals surface area contributed by atoms with Crippen LogP contribution in [0.4, 0.5) is 10.2 Å². The zero-order valence-electron chi connectivity index (χ0n) is 11.5. The zero-order chi connectivity index (χ0) is 15.2. The number of benzene rings is 1. The number of halogens is 2. The van der Waals surface area contributed by atoms with Gasteiger partial charge in [-0.2, -0.15) is 0 Å². The Hall–Kier alpha value is -2.14. The second-order valence-electron chi connectivity index (χ2n) is 4.39. The fraction of sp³-hybridized carbons (Fsp3) is 0.200. The van der Waals surface area contributed by atoms with Crippen LogP contribution in [0.2, 0.25) is 5.02 Å². The third kappa shape index (κ3) is 4.16. The van der Waals surface area contributed by atoms with E-state index in [4.69, 9.17) is 11.6 Å². The number of rotatable bonds is 5. The first kappa shape index (κ1) is 15.3. The Balaban J connectivity index is 2.07. The van der Waals surface area contributed by atoms with Crippen molar-refractivity contribution in [2.24, 2.45) is 0 Å². The first-order chi connectivity index (χ1) is 10.1. The van der Waals surface area contributed by atoms with E-state index < -0.39 is 0 Å². The summed E-state index contributed by atoms with van der Waals surface area (Å²) in [5.41, 5.74) is 1.01. The molecule has 1 amide bonds. The molecule has 0 bridgehead atoms. The lowest BCUT2D eigenvalue weighted by Crippen LogP contribution is -2.23. The number of pyridine rings is 1. The Morgan fingerprint density at radius 3 is 2.90 bits per heavy atom. The molecule has 2 rings (SSSR count). The molecule has 0 atom stereocenters. The normalized spacial score (nSPS) is 10.2. The number of amides is 1. The van der Waals surface area contributed by atoms with Gasteiger partial charge in [-0.1, -0.05) is 23.7 Å². The summed E-state index contributed by atoms with van der Waals surface area (Å²) in [7, 11) is 0. The van der Waals surface area contributed by atoms with Crippen LogP contribution in [0.5, 0.6) is 0 Å². The first-order valence-corrected chi connectivity index (χ1v) is 6.90. The van der Waals surface area contributed by atoms with Crippen molar-refractivity contribution in [2.45, 2.75) is 13.5 Å². The molecule has 1 heterocycles. The number of carbonyl (C=O) groups excluding carboxylic acids is 1. The SMILES string of the molecule is CCNc1cc(C(=O)NCc2cccc(F)c2)c(Cl)cn1. The highest BCUT2D eigenvalue weighted by atomic mass is 35.5. The molecule has 1 aromatic heterocycles. The van der Waals surface area contributed by atoms with Crippen LogP contribution in [-0.2, 0) is 6.54 Å². The van der Waals surface area contributed by atoms with Crippen LogP contribution in [-0.4, -0.2) is 17.4 Å². The number of hydrogen-bond donors (Lipinski definition) is 2. The number of nitrogens with zero attached hydrogens (tertiary/aromatic N) is 1. The van der Waals surface area contributed by atoms with Crippen LogP contribution in [0.1, 0.15) is 22.8 Å². The van der Waals surface area contributed by atoms with Gasteiger partial charge in [0.15, 0.2) is 0 Å². The summed E-state index contributed by atoms with van der Waals surface area (Å²) < 4.78 is 13.1. The molecular weight excluding hydrogens is 293 g/mol. The van der Waals surface area contributed by atoms with Gasteiger partial charge in [0.25, 0.3) is 5.91 Å². The summed E-state index contributed by atoms with van der Waals surface area (Å²) in [6, 6.07) is 7.65. The molecule has 110 valence electrons. The molecule has 6 heteroatoms. The molecule has 0 saturated heterocycles. The molecule has 4 nitrogen and oxygen atoms in total. The average molecular weight is 308 g/mol. The number of nitrogens with one attached hydrogen (secondary N) is 2. The fourth-order valence-corrected chi connectivity index (χ4v) is 2.00. The van der Waals surface area contributed by atoms with Crippen LogP contribution in [0.15, 0.2) is 36.5 Å². The van der Waals surface area contributed by atoms with Crippen LogP contribution in [0, 0.1) is 5.82 Å². The second kappa shape index (κ2) is 7.04. The molecule has 2 N–H and O–H groups in total. The Kier molecular flexibility index (Phi) is 5.11. The van der Waals surface area contributed by atoms with Crippen molar-refractivity contribution in [3.05, 3.63) is 58.5 Å². The molecule has 0 fully saturated rings. The number of hydrogen-bond acceptors (Lipinski definition) is 3. The lowest BCUT2D eigenvalue weighted by atomic mass is 10.2. The standard InChI is InChI=1S/C15H15ClFN3O/c1-2-18-14-7-12(13(16)9-19-14)15(21)20-8-10-4-3-5-11(17)6-10/h3-7,9H,2,8H2,1H3,(H,18,19)(H,20,21).